The van der Waals surface area contributed by atoms with Gasteiger partial charge in [-0.2, -0.15) is 0 Å². The molecule has 1 fully saturated rings. The minimum atomic E-state index is -3.89. The number of nitrogens with one attached hydrogen (secondary N) is 1. The number of halogens is 1. The van der Waals surface area contributed by atoms with Gasteiger partial charge in [0.1, 0.15) is 6.61 Å². The van der Waals surface area contributed by atoms with Crippen LogP contribution in [-0.4, -0.2) is 39.4 Å². The lowest BCUT2D eigenvalue weighted by Gasteiger charge is -2.28. The molecule has 0 radical (unpaired) electrons. The van der Waals surface area contributed by atoms with Crippen LogP contribution in [0.3, 0.4) is 0 Å². The van der Waals surface area contributed by atoms with Crippen LogP contribution in [-0.2, 0) is 29.1 Å². The SMILES string of the molecule is CC(=O)OCCNC(=O)[C@H]1CC(=O)N(c2ccc(S(N)(=O)=O)cc2)[C@@H]1c1ccc(Cl)cc1. The number of nitrogens with two attached hydrogens (primary N) is 1. The van der Waals surface area contributed by atoms with Gasteiger partial charge in [-0.25, -0.2) is 13.6 Å². The summed E-state index contributed by atoms with van der Waals surface area (Å²) in [6, 6.07) is 11.7. The quantitative estimate of drug-likeness (QED) is 0.458. The number of nitrogens with zero attached hydrogens (tertiary/aromatic N) is 1. The van der Waals surface area contributed by atoms with Crippen molar-refractivity contribution in [1.82, 2.24) is 5.32 Å². The van der Waals surface area contributed by atoms with Crippen LogP contribution in [0.25, 0.3) is 0 Å². The molecule has 3 rings (SSSR count). The van der Waals surface area contributed by atoms with E-state index in [1.54, 1.807) is 24.3 Å². The van der Waals surface area contributed by atoms with Crippen LogP contribution in [0.1, 0.15) is 24.9 Å². The van der Waals surface area contributed by atoms with Crippen LogP contribution in [0.4, 0.5) is 5.69 Å². The van der Waals surface area contributed by atoms with Crippen molar-refractivity contribution in [2.45, 2.75) is 24.3 Å². The topological polar surface area (TPSA) is 136 Å². The molecule has 1 heterocycles. The number of hydrogen-bond donors (Lipinski definition) is 2. The molecule has 2 aromatic rings. The molecular formula is C21H22ClN3O6S. The number of esters is 1. The third kappa shape index (κ3) is 5.45. The van der Waals surface area contributed by atoms with Gasteiger partial charge in [0.2, 0.25) is 21.8 Å². The molecule has 3 N–H and O–H groups in total. The first-order valence-electron chi connectivity index (χ1n) is 9.69. The molecule has 9 nitrogen and oxygen atoms in total. The average molecular weight is 480 g/mol. The van der Waals surface area contributed by atoms with Crippen molar-refractivity contribution < 1.29 is 27.5 Å². The zero-order valence-electron chi connectivity index (χ0n) is 17.2. The molecule has 170 valence electrons. The van der Waals surface area contributed by atoms with E-state index in [9.17, 15) is 22.8 Å². The van der Waals surface area contributed by atoms with Crippen LogP contribution in [0.5, 0.6) is 0 Å². The molecule has 0 bridgehead atoms. The van der Waals surface area contributed by atoms with Crippen molar-refractivity contribution in [2.24, 2.45) is 11.1 Å². The average Bonchev–Trinajstić information content (AvgIpc) is 3.08. The van der Waals surface area contributed by atoms with Crippen molar-refractivity contribution in [3.05, 3.63) is 59.1 Å². The smallest absolute Gasteiger partial charge is 0.302 e. The molecule has 2 amide bonds. The third-order valence-electron chi connectivity index (χ3n) is 5.02. The Morgan fingerprint density at radius 2 is 1.78 bits per heavy atom. The minimum absolute atomic E-state index is 0.0199. The normalized spacial score (nSPS) is 18.5. The minimum Gasteiger partial charge on any atom is -0.464 e. The summed E-state index contributed by atoms with van der Waals surface area (Å²) in [5, 5.41) is 8.35. The van der Waals surface area contributed by atoms with Gasteiger partial charge in [-0.1, -0.05) is 23.7 Å². The molecule has 1 aliphatic rings. The Labute approximate surface area is 190 Å². The fraction of sp³-hybridized carbons (Fsp3) is 0.286. The molecule has 32 heavy (non-hydrogen) atoms. The summed E-state index contributed by atoms with van der Waals surface area (Å²) >= 11 is 6.00. The maximum Gasteiger partial charge on any atom is 0.302 e. The first-order chi connectivity index (χ1) is 15.1. The Hall–Kier alpha value is -2.95. The van der Waals surface area contributed by atoms with Crippen molar-refractivity contribution >= 4 is 45.1 Å². The highest BCUT2D eigenvalue weighted by atomic mass is 35.5. The second-order valence-electron chi connectivity index (χ2n) is 7.24. The Morgan fingerprint density at radius 3 is 2.34 bits per heavy atom. The van der Waals surface area contributed by atoms with Gasteiger partial charge < -0.3 is 15.0 Å². The largest absolute Gasteiger partial charge is 0.464 e. The highest BCUT2D eigenvalue weighted by molar-refractivity contribution is 7.89. The summed E-state index contributed by atoms with van der Waals surface area (Å²) in [5.74, 6) is -1.84. The number of ether oxygens (including phenoxy) is 1. The Balaban J connectivity index is 1.91. The summed E-state index contributed by atoms with van der Waals surface area (Å²) in [7, 11) is -3.89. The molecule has 0 unspecified atom stereocenters. The molecule has 1 aliphatic heterocycles. The Kier molecular flexibility index (Phi) is 7.17. The van der Waals surface area contributed by atoms with Crippen molar-refractivity contribution in [3.63, 3.8) is 0 Å². The van der Waals surface area contributed by atoms with Gasteiger partial charge >= 0.3 is 5.97 Å². The van der Waals surface area contributed by atoms with Gasteiger partial charge in [-0.15, -0.1) is 0 Å². The van der Waals surface area contributed by atoms with Gasteiger partial charge in [0.25, 0.3) is 0 Å². The Bertz CT molecular complexity index is 1120. The van der Waals surface area contributed by atoms with Crippen molar-refractivity contribution in [3.8, 4) is 0 Å². The maximum absolute atomic E-state index is 12.9. The first kappa shape index (κ1) is 23.7. The number of carbonyl (C=O) groups is 3. The standard InChI is InChI=1S/C21H22ClN3O6S/c1-13(26)31-11-10-24-21(28)18-12-19(27)25(20(18)14-2-4-15(22)5-3-14)16-6-8-17(9-7-16)32(23,29)30/h2-9,18,20H,10-12H2,1H3,(H,24,28)(H2,23,29,30)/t18-,20+/m0/s1. The lowest BCUT2D eigenvalue weighted by molar-refractivity contribution is -0.141. The van der Waals surface area contributed by atoms with Crippen LogP contribution in [0, 0.1) is 5.92 Å². The number of benzene rings is 2. The molecule has 11 heteroatoms. The van der Waals surface area contributed by atoms with E-state index in [2.05, 4.69) is 5.32 Å². The van der Waals surface area contributed by atoms with Crippen LogP contribution in [0.2, 0.25) is 5.02 Å². The van der Waals surface area contributed by atoms with Gasteiger partial charge in [-0.3, -0.25) is 14.4 Å². The zero-order valence-corrected chi connectivity index (χ0v) is 18.7. The van der Waals surface area contributed by atoms with Crippen molar-refractivity contribution in [2.75, 3.05) is 18.1 Å². The molecule has 0 spiro atoms. The zero-order chi connectivity index (χ0) is 23.5. The van der Waals surface area contributed by atoms with Gasteiger partial charge in [0, 0.05) is 24.1 Å². The molecule has 0 saturated carbocycles. The lowest BCUT2D eigenvalue weighted by Crippen LogP contribution is -2.37. The molecule has 2 atom stereocenters. The van der Waals surface area contributed by atoms with E-state index in [1.807, 2.05) is 0 Å². The predicted molar refractivity (Wildman–Crippen MR) is 117 cm³/mol. The number of carbonyl (C=O) groups excluding carboxylic acids is 3. The second kappa shape index (κ2) is 9.68. The number of amides is 2. The summed E-state index contributed by atoms with van der Waals surface area (Å²) in [6.45, 7) is 1.40. The summed E-state index contributed by atoms with van der Waals surface area (Å²) in [5.41, 5.74) is 1.12. The Morgan fingerprint density at radius 1 is 1.16 bits per heavy atom. The first-order valence-corrected chi connectivity index (χ1v) is 11.6. The van der Waals surface area contributed by atoms with Crippen LogP contribution < -0.4 is 15.4 Å². The molecule has 0 aliphatic carbocycles. The highest BCUT2D eigenvalue weighted by Crippen LogP contribution is 2.41. The molecule has 1 saturated heterocycles. The molecule has 2 aromatic carbocycles. The lowest BCUT2D eigenvalue weighted by atomic mass is 9.92. The van der Waals surface area contributed by atoms with E-state index in [-0.39, 0.29) is 36.3 Å². The van der Waals surface area contributed by atoms with Gasteiger partial charge in [0.15, 0.2) is 0 Å². The van der Waals surface area contributed by atoms with Crippen LogP contribution >= 0.6 is 11.6 Å². The molecular weight excluding hydrogens is 458 g/mol. The monoisotopic (exact) mass is 479 g/mol. The van der Waals surface area contributed by atoms with Crippen LogP contribution in [0.15, 0.2) is 53.4 Å². The summed E-state index contributed by atoms with van der Waals surface area (Å²) < 4.78 is 27.9. The fourth-order valence-electron chi connectivity index (χ4n) is 3.61. The number of primary sulfonamides is 1. The third-order valence-corrected chi connectivity index (χ3v) is 6.20. The van der Waals surface area contributed by atoms with E-state index in [1.165, 1.54) is 36.1 Å². The van der Waals surface area contributed by atoms with E-state index >= 15 is 0 Å². The van der Waals surface area contributed by atoms with E-state index in [0.29, 0.717) is 16.3 Å². The number of hydrogen-bond acceptors (Lipinski definition) is 6. The highest BCUT2D eigenvalue weighted by Gasteiger charge is 2.45. The van der Waals surface area contributed by atoms with Crippen molar-refractivity contribution in [1.29, 1.82) is 0 Å². The molecule has 0 aromatic heterocycles. The fourth-order valence-corrected chi connectivity index (χ4v) is 4.25. The van der Waals surface area contributed by atoms with E-state index < -0.39 is 28.0 Å². The summed E-state index contributed by atoms with van der Waals surface area (Å²) in [4.78, 5) is 38.1. The van der Waals surface area contributed by atoms with E-state index in [0.717, 1.165) is 0 Å². The van der Waals surface area contributed by atoms with Gasteiger partial charge in [0.05, 0.1) is 23.4 Å². The number of sulfonamides is 1. The predicted octanol–water partition coefficient (Wildman–Crippen LogP) is 1.76. The maximum atomic E-state index is 12.9. The number of anilines is 1. The van der Waals surface area contributed by atoms with E-state index in [4.69, 9.17) is 21.5 Å². The summed E-state index contributed by atoms with van der Waals surface area (Å²) in [6.07, 6.45) is -0.0520. The second-order valence-corrected chi connectivity index (χ2v) is 9.24. The number of rotatable bonds is 7. The van der Waals surface area contributed by atoms with Gasteiger partial charge in [-0.05, 0) is 42.0 Å².